The first-order chi connectivity index (χ1) is 26.6. The Morgan fingerprint density at radius 2 is 0.821 bits per heavy atom. The van der Waals surface area contributed by atoms with Gasteiger partial charge in [-0.2, -0.15) is 8.61 Å². The van der Waals surface area contributed by atoms with Crippen LogP contribution < -0.4 is 10.6 Å². The maximum Gasteiger partial charge on any atom is 0.337 e. The van der Waals surface area contributed by atoms with E-state index in [0.717, 1.165) is 38.5 Å². The number of halogens is 2. The number of piperidine rings is 2. The van der Waals surface area contributed by atoms with Gasteiger partial charge in [-0.3, -0.25) is 9.59 Å². The van der Waals surface area contributed by atoms with Gasteiger partial charge < -0.3 is 20.8 Å². The average Bonchev–Trinajstić information content (AvgIpc) is 3.20. The van der Waals surface area contributed by atoms with Gasteiger partial charge >= 0.3 is 11.9 Å². The van der Waals surface area contributed by atoms with E-state index in [0.29, 0.717) is 35.1 Å². The highest BCUT2D eigenvalue weighted by molar-refractivity contribution is 9.10. The van der Waals surface area contributed by atoms with Crippen LogP contribution in [-0.4, -0.2) is 85.6 Å². The van der Waals surface area contributed by atoms with Gasteiger partial charge in [0.15, 0.2) is 0 Å². The van der Waals surface area contributed by atoms with Crippen molar-refractivity contribution in [2.45, 2.75) is 48.3 Å². The van der Waals surface area contributed by atoms with Crippen LogP contribution in [0.3, 0.4) is 0 Å². The lowest BCUT2D eigenvalue weighted by Crippen LogP contribution is -2.35. The van der Waals surface area contributed by atoms with Gasteiger partial charge in [0.1, 0.15) is 0 Å². The third kappa shape index (κ3) is 10.5. The highest BCUT2D eigenvalue weighted by atomic mass is 79.9. The highest BCUT2D eigenvalue weighted by Gasteiger charge is 2.27. The van der Waals surface area contributed by atoms with E-state index < -0.39 is 43.8 Å². The zero-order valence-corrected chi connectivity index (χ0v) is 34.6. The maximum atomic E-state index is 12.7. The number of hydrogen-bond acceptors (Lipinski definition) is 8. The molecule has 4 aromatic carbocycles. The Morgan fingerprint density at radius 3 is 1.12 bits per heavy atom. The highest BCUT2D eigenvalue weighted by Crippen LogP contribution is 2.26. The number of nitrogens with zero attached hydrogens (tertiary/aromatic N) is 2. The Balaban J connectivity index is 0.000000214. The van der Waals surface area contributed by atoms with E-state index in [1.165, 1.54) is 81.4 Å². The normalized spacial score (nSPS) is 15.2. The Labute approximate surface area is 341 Å². The summed E-state index contributed by atoms with van der Waals surface area (Å²) in [5.41, 5.74) is 0.684. The number of aromatic carboxylic acids is 2. The van der Waals surface area contributed by atoms with Gasteiger partial charge in [-0.1, -0.05) is 44.7 Å². The van der Waals surface area contributed by atoms with Crippen molar-refractivity contribution >= 4 is 87.0 Å². The molecule has 0 atom stereocenters. The van der Waals surface area contributed by atoms with Crippen molar-refractivity contribution in [3.05, 3.63) is 116 Å². The van der Waals surface area contributed by atoms with E-state index in [2.05, 4.69) is 42.5 Å². The molecule has 6 rings (SSSR count). The number of carboxylic acids is 2. The van der Waals surface area contributed by atoms with Gasteiger partial charge in [0.25, 0.3) is 11.8 Å². The first kappa shape index (κ1) is 42.7. The second-order valence-corrected chi connectivity index (χ2v) is 18.6. The third-order valence-electron chi connectivity index (χ3n) is 9.06. The number of carbonyl (C=O) groups excluding carboxylic acids is 2. The second-order valence-electron chi connectivity index (χ2n) is 12.9. The van der Waals surface area contributed by atoms with Gasteiger partial charge in [0.05, 0.1) is 32.3 Å². The molecule has 18 heteroatoms. The molecule has 14 nitrogen and oxygen atoms in total. The molecule has 2 heterocycles. The topological polar surface area (TPSA) is 208 Å². The molecule has 2 saturated heterocycles. The lowest BCUT2D eigenvalue weighted by molar-refractivity contribution is 0.0686. The van der Waals surface area contributed by atoms with Crippen LogP contribution in [0.25, 0.3) is 0 Å². The quantitative estimate of drug-likeness (QED) is 0.126. The lowest BCUT2D eigenvalue weighted by atomic mass is 10.1. The minimum Gasteiger partial charge on any atom is -0.478 e. The number of amides is 2. The standard InChI is InChI=1S/2C19H19BrN2O5S/c2*20-14-6-9-17(16(12-14)19(24)25)21-18(23)13-4-7-15(8-5-13)28(26,27)22-10-2-1-3-11-22/h2*4-9,12H,1-3,10-11H2,(H,21,23)(H,24,25). The molecule has 2 fully saturated rings. The van der Waals surface area contributed by atoms with Crippen molar-refractivity contribution in [3.63, 3.8) is 0 Å². The van der Waals surface area contributed by atoms with Crippen molar-refractivity contribution in [1.82, 2.24) is 8.61 Å². The van der Waals surface area contributed by atoms with Gasteiger partial charge in [-0.25, -0.2) is 26.4 Å². The molecule has 56 heavy (non-hydrogen) atoms. The smallest absolute Gasteiger partial charge is 0.337 e. The summed E-state index contributed by atoms with van der Waals surface area (Å²) in [6.07, 6.45) is 5.44. The number of anilines is 2. The first-order valence-corrected chi connectivity index (χ1v) is 21.9. The molecule has 2 aliphatic heterocycles. The molecule has 2 aliphatic rings. The fourth-order valence-electron chi connectivity index (χ4n) is 6.06. The van der Waals surface area contributed by atoms with Crippen LogP contribution in [0.4, 0.5) is 11.4 Å². The molecule has 0 radical (unpaired) electrons. The van der Waals surface area contributed by atoms with Gasteiger partial charge in [0.2, 0.25) is 20.0 Å². The molecule has 0 unspecified atom stereocenters. The maximum absolute atomic E-state index is 12.7. The summed E-state index contributed by atoms with van der Waals surface area (Å²) < 4.78 is 54.8. The Bertz CT molecular complexity index is 2160. The fourth-order valence-corrected chi connectivity index (χ4v) is 9.82. The van der Waals surface area contributed by atoms with Gasteiger partial charge in [-0.05, 0) is 111 Å². The van der Waals surface area contributed by atoms with Crippen molar-refractivity contribution in [2.24, 2.45) is 0 Å². The number of hydrogen-bond donors (Lipinski definition) is 4. The number of sulfonamides is 2. The van der Waals surface area contributed by atoms with Crippen molar-refractivity contribution < 1.29 is 46.2 Å². The minimum absolute atomic E-state index is 0.0491. The van der Waals surface area contributed by atoms with E-state index in [1.54, 1.807) is 12.1 Å². The Morgan fingerprint density at radius 1 is 0.500 bits per heavy atom. The predicted molar refractivity (Wildman–Crippen MR) is 216 cm³/mol. The van der Waals surface area contributed by atoms with Gasteiger partial charge in [-0.15, -0.1) is 0 Å². The van der Waals surface area contributed by atoms with Gasteiger partial charge in [0, 0.05) is 46.3 Å². The number of carbonyl (C=O) groups is 4. The van der Waals surface area contributed by atoms with E-state index in [-0.39, 0.29) is 43.4 Å². The van der Waals surface area contributed by atoms with E-state index in [4.69, 9.17) is 0 Å². The molecular weight excluding hydrogens is 896 g/mol. The first-order valence-electron chi connectivity index (χ1n) is 17.5. The summed E-state index contributed by atoms with van der Waals surface area (Å²) in [4.78, 5) is 47.9. The molecule has 0 bridgehead atoms. The molecule has 2 amide bonds. The van der Waals surface area contributed by atoms with Crippen LogP contribution in [-0.2, 0) is 20.0 Å². The summed E-state index contributed by atoms with van der Waals surface area (Å²) in [6, 6.07) is 20.3. The molecule has 0 aromatic heterocycles. The minimum atomic E-state index is -3.57. The number of rotatable bonds is 10. The van der Waals surface area contributed by atoms with Crippen molar-refractivity contribution in [2.75, 3.05) is 36.8 Å². The van der Waals surface area contributed by atoms with Crippen LogP contribution >= 0.6 is 31.9 Å². The SMILES string of the molecule is O=C(Nc1ccc(Br)cc1C(=O)O)c1ccc(S(=O)(=O)N2CCCCC2)cc1.O=C(Nc1ccc(Br)cc1C(=O)O)c1ccc(S(=O)(=O)N2CCCCC2)cc1. The molecule has 4 N–H and O–H groups in total. The number of benzene rings is 4. The summed E-state index contributed by atoms with van der Waals surface area (Å²) >= 11 is 6.40. The largest absolute Gasteiger partial charge is 0.478 e. The molecular formula is C38H38Br2N4O10S2. The summed E-state index contributed by atoms with van der Waals surface area (Å²) in [6.45, 7) is 2.02. The summed E-state index contributed by atoms with van der Waals surface area (Å²) in [5, 5.41) is 23.7. The lowest BCUT2D eigenvalue weighted by Gasteiger charge is -2.25. The Kier molecular flexibility index (Phi) is 14.2. The molecule has 296 valence electrons. The van der Waals surface area contributed by atoms with E-state index in [1.807, 2.05) is 0 Å². The zero-order valence-electron chi connectivity index (χ0n) is 29.8. The van der Waals surface area contributed by atoms with Crippen molar-refractivity contribution in [3.8, 4) is 0 Å². The zero-order chi connectivity index (χ0) is 40.6. The summed E-state index contributed by atoms with van der Waals surface area (Å²) in [7, 11) is -7.13. The van der Waals surface area contributed by atoms with Crippen LogP contribution in [0.5, 0.6) is 0 Å². The monoisotopic (exact) mass is 932 g/mol. The molecule has 0 saturated carbocycles. The summed E-state index contributed by atoms with van der Waals surface area (Å²) in [5.74, 6) is -3.38. The molecule has 4 aromatic rings. The van der Waals surface area contributed by atoms with Crippen LogP contribution in [0.1, 0.15) is 80.0 Å². The van der Waals surface area contributed by atoms with Crippen molar-refractivity contribution in [1.29, 1.82) is 0 Å². The average molecular weight is 935 g/mol. The Hall–Kier alpha value is -4.46. The fraction of sp³-hybridized carbons (Fsp3) is 0.263. The van der Waals surface area contributed by atoms with E-state index >= 15 is 0 Å². The van der Waals surface area contributed by atoms with Crippen LogP contribution in [0.2, 0.25) is 0 Å². The van der Waals surface area contributed by atoms with Crippen LogP contribution in [0.15, 0.2) is 104 Å². The molecule has 0 aliphatic carbocycles. The predicted octanol–water partition coefficient (Wildman–Crippen LogP) is 7.15. The van der Waals surface area contributed by atoms with Crippen LogP contribution in [0, 0.1) is 0 Å². The number of nitrogens with one attached hydrogen (secondary N) is 2. The van der Waals surface area contributed by atoms with E-state index in [9.17, 15) is 46.2 Å². The number of carboxylic acid groups (broad SMARTS) is 2. The second kappa shape index (κ2) is 18.7. The third-order valence-corrected chi connectivity index (χ3v) is 13.9. The molecule has 0 spiro atoms.